The van der Waals surface area contributed by atoms with E-state index in [4.69, 9.17) is 38.4 Å². The van der Waals surface area contributed by atoms with E-state index >= 15 is 0 Å². The molecule has 5 nitrogen and oxygen atoms in total. The highest BCUT2D eigenvalue weighted by Crippen LogP contribution is 2.33. The van der Waals surface area contributed by atoms with Crippen LogP contribution in [0.3, 0.4) is 0 Å². The Morgan fingerprint density at radius 1 is 1.14 bits per heavy atom. The zero-order chi connectivity index (χ0) is 16.3. The summed E-state index contributed by atoms with van der Waals surface area (Å²) in [5.41, 5.74) is 6.68. The average Bonchev–Trinajstić information content (AvgIpc) is 2.51. The van der Waals surface area contributed by atoms with Crippen molar-refractivity contribution in [3.63, 3.8) is 0 Å². The zero-order valence-corrected chi connectivity index (χ0v) is 13.5. The first-order valence-electron chi connectivity index (χ1n) is 6.24. The number of anilines is 2. The van der Waals surface area contributed by atoms with Crippen LogP contribution >= 0.6 is 23.2 Å². The molecule has 0 fully saturated rings. The van der Waals surface area contributed by atoms with Gasteiger partial charge < -0.3 is 20.5 Å². The highest BCUT2D eigenvalue weighted by Gasteiger charge is 2.17. The molecule has 2 aromatic rings. The fourth-order valence-electron chi connectivity index (χ4n) is 1.92. The number of ether oxygens (including phenoxy) is 2. The highest BCUT2D eigenvalue weighted by molar-refractivity contribution is 6.39. The zero-order valence-electron chi connectivity index (χ0n) is 11.9. The van der Waals surface area contributed by atoms with Crippen LogP contribution in [0.25, 0.3) is 0 Å². The topological polar surface area (TPSA) is 73.6 Å². The number of carbonyl (C=O) groups is 1. The minimum atomic E-state index is -0.382. The van der Waals surface area contributed by atoms with Crippen LogP contribution in [0, 0.1) is 0 Å². The van der Waals surface area contributed by atoms with Gasteiger partial charge in [-0.3, -0.25) is 4.79 Å². The van der Waals surface area contributed by atoms with Crippen molar-refractivity contribution in [1.29, 1.82) is 0 Å². The van der Waals surface area contributed by atoms with Gasteiger partial charge in [0.2, 0.25) is 0 Å². The Balaban J connectivity index is 2.34. The average molecular weight is 341 g/mol. The minimum Gasteiger partial charge on any atom is -0.493 e. The Bertz CT molecular complexity index is 697. The van der Waals surface area contributed by atoms with Gasteiger partial charge in [-0.1, -0.05) is 29.3 Å². The molecule has 0 aliphatic rings. The van der Waals surface area contributed by atoms with Gasteiger partial charge in [-0.2, -0.15) is 0 Å². The molecule has 2 aromatic carbocycles. The molecular weight excluding hydrogens is 327 g/mol. The fraction of sp³-hybridized carbons (Fsp3) is 0.133. The van der Waals surface area contributed by atoms with Crippen LogP contribution in [0.1, 0.15) is 10.4 Å². The van der Waals surface area contributed by atoms with Gasteiger partial charge in [-0.15, -0.1) is 0 Å². The van der Waals surface area contributed by atoms with E-state index in [1.165, 1.54) is 26.4 Å². The van der Waals surface area contributed by atoms with Gasteiger partial charge in [0.1, 0.15) is 0 Å². The first kappa shape index (κ1) is 16.3. The van der Waals surface area contributed by atoms with Crippen LogP contribution in [0.4, 0.5) is 11.4 Å². The summed E-state index contributed by atoms with van der Waals surface area (Å²) in [4.78, 5) is 12.4. The van der Waals surface area contributed by atoms with E-state index in [0.717, 1.165) is 0 Å². The highest BCUT2D eigenvalue weighted by atomic mass is 35.5. The van der Waals surface area contributed by atoms with Crippen molar-refractivity contribution in [2.45, 2.75) is 0 Å². The summed E-state index contributed by atoms with van der Waals surface area (Å²) in [5.74, 6) is 0.423. The third-order valence-electron chi connectivity index (χ3n) is 2.98. The minimum absolute atomic E-state index is 0.264. The van der Waals surface area contributed by atoms with E-state index in [9.17, 15) is 4.79 Å². The summed E-state index contributed by atoms with van der Waals surface area (Å²) in [6, 6.07) is 8.06. The monoisotopic (exact) mass is 340 g/mol. The number of amides is 1. The normalized spacial score (nSPS) is 10.2. The van der Waals surface area contributed by atoms with Gasteiger partial charge in [-0.25, -0.2) is 0 Å². The maximum Gasteiger partial charge on any atom is 0.259 e. The van der Waals surface area contributed by atoms with Crippen LogP contribution < -0.4 is 20.5 Å². The smallest absolute Gasteiger partial charge is 0.259 e. The summed E-state index contributed by atoms with van der Waals surface area (Å²) < 4.78 is 10.4. The molecule has 0 aliphatic carbocycles. The number of nitrogen functional groups attached to an aromatic ring is 1. The van der Waals surface area contributed by atoms with Gasteiger partial charge in [0.25, 0.3) is 5.91 Å². The van der Waals surface area contributed by atoms with E-state index in [0.29, 0.717) is 22.7 Å². The van der Waals surface area contributed by atoms with Crippen LogP contribution in [-0.2, 0) is 0 Å². The quantitative estimate of drug-likeness (QED) is 0.829. The molecule has 7 heteroatoms. The molecule has 2 rings (SSSR count). The molecule has 22 heavy (non-hydrogen) atoms. The van der Waals surface area contributed by atoms with Crippen LogP contribution in [0.5, 0.6) is 11.5 Å². The molecule has 116 valence electrons. The molecule has 0 aliphatic heterocycles. The number of rotatable bonds is 4. The molecule has 0 saturated heterocycles. The number of hydrogen-bond donors (Lipinski definition) is 2. The van der Waals surface area contributed by atoms with Gasteiger partial charge >= 0.3 is 0 Å². The van der Waals surface area contributed by atoms with E-state index < -0.39 is 0 Å². The number of nitrogens with two attached hydrogens (primary N) is 1. The van der Waals surface area contributed by atoms with E-state index in [1.807, 2.05) is 0 Å². The number of methoxy groups -OCH3 is 2. The maximum atomic E-state index is 12.4. The molecule has 0 spiro atoms. The van der Waals surface area contributed by atoms with E-state index in [1.54, 1.807) is 18.2 Å². The SMILES string of the molecule is COc1cccc(C(=O)Nc2cc(Cl)c(N)c(Cl)c2)c1OC. The van der Waals surface area contributed by atoms with Crippen molar-refractivity contribution < 1.29 is 14.3 Å². The number of carbonyl (C=O) groups excluding carboxylic acids is 1. The first-order chi connectivity index (χ1) is 10.5. The third kappa shape index (κ3) is 3.21. The second kappa shape index (κ2) is 6.77. The molecule has 0 unspecified atom stereocenters. The number of hydrogen-bond acceptors (Lipinski definition) is 4. The summed E-state index contributed by atoms with van der Waals surface area (Å²) in [7, 11) is 2.96. The van der Waals surface area contributed by atoms with Gasteiger partial charge in [0.15, 0.2) is 11.5 Å². The summed E-state index contributed by atoms with van der Waals surface area (Å²) >= 11 is 11.9. The van der Waals surface area contributed by atoms with E-state index in [-0.39, 0.29) is 21.6 Å². The Hall–Kier alpha value is -2.11. The van der Waals surface area contributed by atoms with Crippen LogP contribution in [0.2, 0.25) is 10.0 Å². The lowest BCUT2D eigenvalue weighted by molar-refractivity contribution is 0.102. The van der Waals surface area contributed by atoms with Crippen molar-refractivity contribution in [2.24, 2.45) is 0 Å². The molecule has 0 atom stereocenters. The Kier molecular flexibility index (Phi) is 5.00. The standard InChI is InChI=1S/C15H14Cl2N2O3/c1-21-12-5-3-4-9(14(12)22-2)15(20)19-8-6-10(16)13(18)11(17)7-8/h3-7H,18H2,1-2H3,(H,19,20). The first-order valence-corrected chi connectivity index (χ1v) is 7.00. The lowest BCUT2D eigenvalue weighted by Crippen LogP contribution is -2.13. The largest absolute Gasteiger partial charge is 0.493 e. The lowest BCUT2D eigenvalue weighted by atomic mass is 10.1. The summed E-state index contributed by atoms with van der Waals surface area (Å²) in [6.07, 6.45) is 0. The maximum absolute atomic E-state index is 12.4. The van der Waals surface area contributed by atoms with Crippen molar-refractivity contribution in [3.8, 4) is 11.5 Å². The van der Waals surface area contributed by atoms with Crippen molar-refractivity contribution in [1.82, 2.24) is 0 Å². The lowest BCUT2D eigenvalue weighted by Gasteiger charge is -2.13. The Morgan fingerprint density at radius 2 is 1.77 bits per heavy atom. The number of para-hydroxylation sites is 1. The van der Waals surface area contributed by atoms with Gasteiger partial charge in [-0.05, 0) is 24.3 Å². The van der Waals surface area contributed by atoms with Gasteiger partial charge in [0, 0.05) is 5.69 Å². The third-order valence-corrected chi connectivity index (χ3v) is 3.61. The number of halogens is 2. The molecule has 0 radical (unpaired) electrons. The van der Waals surface area contributed by atoms with Crippen molar-refractivity contribution >= 4 is 40.5 Å². The van der Waals surface area contributed by atoms with Crippen molar-refractivity contribution in [3.05, 3.63) is 45.9 Å². The molecule has 1 amide bonds. The van der Waals surface area contributed by atoms with E-state index in [2.05, 4.69) is 5.32 Å². The fourth-order valence-corrected chi connectivity index (χ4v) is 2.41. The molecular formula is C15H14Cl2N2O3. The Morgan fingerprint density at radius 3 is 2.32 bits per heavy atom. The number of nitrogens with one attached hydrogen (secondary N) is 1. The number of benzene rings is 2. The summed E-state index contributed by atoms with van der Waals surface area (Å²) in [5, 5.41) is 3.22. The Labute approximate surface area is 137 Å². The second-order valence-corrected chi connectivity index (χ2v) is 5.16. The van der Waals surface area contributed by atoms with Crippen LogP contribution in [0.15, 0.2) is 30.3 Å². The molecule has 0 heterocycles. The molecule has 0 saturated carbocycles. The van der Waals surface area contributed by atoms with Crippen molar-refractivity contribution in [2.75, 3.05) is 25.3 Å². The molecule has 3 N–H and O–H groups in total. The van der Waals surface area contributed by atoms with Crippen LogP contribution in [-0.4, -0.2) is 20.1 Å². The molecule has 0 aromatic heterocycles. The predicted molar refractivity (Wildman–Crippen MR) is 88.4 cm³/mol. The molecule has 0 bridgehead atoms. The summed E-state index contributed by atoms with van der Waals surface area (Å²) in [6.45, 7) is 0. The second-order valence-electron chi connectivity index (χ2n) is 4.35. The predicted octanol–water partition coefficient (Wildman–Crippen LogP) is 3.85. The van der Waals surface area contributed by atoms with Gasteiger partial charge in [0.05, 0.1) is 35.5 Å².